The van der Waals surface area contributed by atoms with E-state index in [0.29, 0.717) is 6.67 Å². The number of unbranched alkanes of at least 4 members (excludes halogenated alkanes) is 3. The summed E-state index contributed by atoms with van der Waals surface area (Å²) in [7, 11) is 1.68. The number of H-pyrrole nitrogens is 1. The van der Waals surface area contributed by atoms with Crippen LogP contribution in [0.4, 0.5) is 5.88 Å². The van der Waals surface area contributed by atoms with Crippen LogP contribution in [0.1, 0.15) is 37.1 Å². The lowest BCUT2D eigenvalue weighted by atomic mass is 9.97. The number of aryl methyl sites for hydroxylation is 1. The highest BCUT2D eigenvalue weighted by molar-refractivity contribution is 6.02. The van der Waals surface area contributed by atoms with Crippen molar-refractivity contribution in [2.75, 3.05) is 25.2 Å². The number of fused-ring (bicyclic) bond motifs is 1. The van der Waals surface area contributed by atoms with Gasteiger partial charge < -0.3 is 14.1 Å². The number of hydrogen-bond acceptors (Lipinski definition) is 7. The van der Waals surface area contributed by atoms with Gasteiger partial charge in [0, 0.05) is 30.3 Å². The lowest BCUT2D eigenvalue weighted by Crippen LogP contribution is -2.27. The lowest BCUT2D eigenvalue weighted by molar-refractivity contribution is 0.415. The third kappa shape index (κ3) is 4.71. The summed E-state index contributed by atoms with van der Waals surface area (Å²) >= 11 is 0. The molecular weight excluding hydrogens is 428 g/mol. The number of aliphatic imine (C=N–C) groups is 1. The summed E-state index contributed by atoms with van der Waals surface area (Å²) in [6.07, 6.45) is 7.20. The van der Waals surface area contributed by atoms with Crippen molar-refractivity contribution in [3.63, 3.8) is 0 Å². The number of furan rings is 1. The second kappa shape index (κ2) is 10.3. The zero-order valence-corrected chi connectivity index (χ0v) is 19.3. The van der Waals surface area contributed by atoms with Gasteiger partial charge in [-0.3, -0.25) is 4.99 Å². The van der Waals surface area contributed by atoms with Gasteiger partial charge in [-0.1, -0.05) is 60.5 Å². The predicted molar refractivity (Wildman–Crippen MR) is 132 cm³/mol. The number of aromatic amines is 1. The summed E-state index contributed by atoms with van der Waals surface area (Å²) in [6, 6.07) is 18.4. The number of rotatable bonds is 10. The molecule has 1 aliphatic heterocycles. The second-order valence-corrected chi connectivity index (χ2v) is 8.33. The average Bonchev–Trinajstić information content (AvgIpc) is 3.55. The van der Waals surface area contributed by atoms with Crippen LogP contribution in [0.15, 0.2) is 64.0 Å². The first-order valence-electron chi connectivity index (χ1n) is 11.7. The van der Waals surface area contributed by atoms with E-state index in [-0.39, 0.29) is 0 Å². The number of nitrogens with zero attached hydrogens (tertiary/aromatic N) is 5. The molecule has 0 spiro atoms. The Bertz CT molecular complexity index is 1220. The minimum Gasteiger partial charge on any atom is -0.497 e. The fourth-order valence-corrected chi connectivity index (χ4v) is 4.32. The van der Waals surface area contributed by atoms with E-state index in [4.69, 9.17) is 9.15 Å². The average molecular weight is 457 g/mol. The van der Waals surface area contributed by atoms with Crippen LogP contribution in [0.3, 0.4) is 0 Å². The van der Waals surface area contributed by atoms with E-state index in [9.17, 15) is 0 Å². The molecule has 174 valence electrons. The van der Waals surface area contributed by atoms with Crippen LogP contribution >= 0.6 is 0 Å². The lowest BCUT2D eigenvalue weighted by Gasteiger charge is -2.23. The zero-order chi connectivity index (χ0) is 23.2. The maximum atomic E-state index is 6.55. The summed E-state index contributed by atoms with van der Waals surface area (Å²) in [5.74, 6) is 3.38. The normalized spacial score (nSPS) is 12.7. The molecule has 0 fully saturated rings. The maximum absolute atomic E-state index is 6.55. The minimum absolute atomic E-state index is 0.611. The summed E-state index contributed by atoms with van der Waals surface area (Å²) in [5, 5.41) is 14.1. The smallest absolute Gasteiger partial charge is 0.207 e. The molecule has 0 amide bonds. The first-order chi connectivity index (χ1) is 16.8. The van der Waals surface area contributed by atoms with E-state index in [2.05, 4.69) is 54.8 Å². The molecule has 4 aromatic rings. The molecule has 1 aliphatic rings. The highest BCUT2D eigenvalue weighted by Crippen LogP contribution is 2.43. The Labute approximate surface area is 198 Å². The molecule has 0 atom stereocenters. The number of methoxy groups -OCH3 is 1. The number of aromatic nitrogens is 4. The molecule has 34 heavy (non-hydrogen) atoms. The molecule has 8 nitrogen and oxygen atoms in total. The molecule has 0 saturated heterocycles. The van der Waals surface area contributed by atoms with Crippen molar-refractivity contribution in [2.45, 2.75) is 32.1 Å². The van der Waals surface area contributed by atoms with Crippen LogP contribution in [0.25, 0.3) is 22.5 Å². The Hall–Kier alpha value is -3.94. The van der Waals surface area contributed by atoms with Gasteiger partial charge in [0.1, 0.15) is 18.2 Å². The van der Waals surface area contributed by atoms with E-state index < -0.39 is 0 Å². The monoisotopic (exact) mass is 456 g/mol. The molecule has 0 aliphatic carbocycles. The molecule has 1 N–H and O–H groups in total. The van der Waals surface area contributed by atoms with Gasteiger partial charge >= 0.3 is 0 Å². The highest BCUT2D eigenvalue weighted by atomic mass is 16.5. The summed E-state index contributed by atoms with van der Waals surface area (Å²) in [6.45, 7) is 1.51. The molecule has 5 rings (SSSR count). The maximum Gasteiger partial charge on any atom is 0.207 e. The van der Waals surface area contributed by atoms with Gasteiger partial charge in [-0.2, -0.15) is 5.21 Å². The molecular formula is C26H28N6O2. The van der Waals surface area contributed by atoms with Crippen LogP contribution in [0.5, 0.6) is 5.75 Å². The molecule has 3 heterocycles. The quantitative estimate of drug-likeness (QED) is 0.332. The van der Waals surface area contributed by atoms with Crippen molar-refractivity contribution in [3.8, 4) is 28.2 Å². The standard InChI is InChI=1S/C26H28N6O2/c1-33-21-14-12-19(13-15-21)24-22-17-27-18-32(16-8-3-2-7-11-23-28-30-31-29-23)26(22)34-25(24)20-9-5-4-6-10-20/h4-6,9-10,12-15,17H,2-3,7-8,11,16,18H2,1H3,(H,28,29,30,31). The Morgan fingerprint density at radius 1 is 0.971 bits per heavy atom. The van der Waals surface area contributed by atoms with Crippen LogP contribution in [-0.2, 0) is 6.42 Å². The van der Waals surface area contributed by atoms with E-state index in [1.54, 1.807) is 7.11 Å². The van der Waals surface area contributed by atoms with Crippen molar-refractivity contribution in [1.29, 1.82) is 0 Å². The third-order valence-corrected chi connectivity index (χ3v) is 6.07. The van der Waals surface area contributed by atoms with E-state index in [1.165, 1.54) is 0 Å². The van der Waals surface area contributed by atoms with Crippen LogP contribution in [-0.4, -0.2) is 47.2 Å². The number of nitrogens with one attached hydrogen (secondary N) is 1. The third-order valence-electron chi connectivity index (χ3n) is 6.07. The molecule has 0 saturated carbocycles. The van der Waals surface area contributed by atoms with Crippen LogP contribution in [0, 0.1) is 0 Å². The fraction of sp³-hybridized carbons (Fsp3) is 0.308. The Kier molecular flexibility index (Phi) is 6.65. The number of ether oxygens (including phenoxy) is 1. The van der Waals surface area contributed by atoms with Gasteiger partial charge in [0.15, 0.2) is 5.82 Å². The van der Waals surface area contributed by atoms with Crippen LogP contribution in [0.2, 0.25) is 0 Å². The van der Waals surface area contributed by atoms with Crippen LogP contribution < -0.4 is 9.64 Å². The minimum atomic E-state index is 0.611. The van der Waals surface area contributed by atoms with Gasteiger partial charge in [0.05, 0.1) is 12.7 Å². The summed E-state index contributed by atoms with van der Waals surface area (Å²) in [4.78, 5) is 6.91. The SMILES string of the molecule is COc1ccc(-c2c(-c3ccccc3)oc3c2C=NCN3CCCCCCc2nn[nH]n2)cc1. The van der Waals surface area contributed by atoms with Crippen molar-refractivity contribution in [3.05, 3.63) is 66.0 Å². The summed E-state index contributed by atoms with van der Waals surface area (Å²) in [5.41, 5.74) is 4.24. The second-order valence-electron chi connectivity index (χ2n) is 8.33. The molecule has 0 bridgehead atoms. The molecule has 0 unspecified atom stereocenters. The zero-order valence-electron chi connectivity index (χ0n) is 19.3. The van der Waals surface area contributed by atoms with E-state index in [0.717, 1.165) is 84.1 Å². The van der Waals surface area contributed by atoms with E-state index in [1.807, 2.05) is 36.5 Å². The first kappa shape index (κ1) is 21.9. The van der Waals surface area contributed by atoms with Crippen molar-refractivity contribution >= 4 is 12.1 Å². The Morgan fingerprint density at radius 2 is 1.79 bits per heavy atom. The molecule has 8 heteroatoms. The fourth-order valence-electron chi connectivity index (χ4n) is 4.32. The number of tetrazole rings is 1. The Balaban J connectivity index is 1.34. The topological polar surface area (TPSA) is 92.4 Å². The number of anilines is 1. The number of hydrogen-bond donors (Lipinski definition) is 1. The first-order valence-corrected chi connectivity index (χ1v) is 11.7. The van der Waals surface area contributed by atoms with E-state index >= 15 is 0 Å². The van der Waals surface area contributed by atoms with Gasteiger partial charge in [-0.05, 0) is 30.5 Å². The van der Waals surface area contributed by atoms with Crippen molar-refractivity contribution in [1.82, 2.24) is 20.6 Å². The number of benzene rings is 2. The predicted octanol–water partition coefficient (Wildman–Crippen LogP) is 5.13. The van der Waals surface area contributed by atoms with Gasteiger partial charge in [-0.15, -0.1) is 10.2 Å². The summed E-state index contributed by atoms with van der Waals surface area (Å²) < 4.78 is 11.9. The highest BCUT2D eigenvalue weighted by Gasteiger charge is 2.27. The molecule has 2 aromatic heterocycles. The van der Waals surface area contributed by atoms with Crippen molar-refractivity contribution in [2.24, 2.45) is 4.99 Å². The molecule has 0 radical (unpaired) electrons. The van der Waals surface area contributed by atoms with Gasteiger partial charge in [-0.25, -0.2) is 0 Å². The molecule has 2 aromatic carbocycles. The van der Waals surface area contributed by atoms with Gasteiger partial charge in [0.25, 0.3) is 0 Å². The van der Waals surface area contributed by atoms with Crippen molar-refractivity contribution < 1.29 is 9.15 Å². The largest absolute Gasteiger partial charge is 0.497 e. The Morgan fingerprint density at radius 3 is 2.56 bits per heavy atom. The van der Waals surface area contributed by atoms with Gasteiger partial charge in [0.2, 0.25) is 5.88 Å².